The standard InChI is InChI=1S/C22H22F3N3O3/c1-14(29)26-18-8-3-6-16(12-18)21(31)27-19(13-28-10-4-9-20(28)30)15-5-2-7-17(11-15)22(23,24)25/h2-3,5-8,11-12,19H,4,9-10,13H2,1H3,(H,26,29)(H,27,31). The summed E-state index contributed by atoms with van der Waals surface area (Å²) in [7, 11) is 0. The predicted octanol–water partition coefficient (Wildman–Crippen LogP) is 3.76. The van der Waals surface area contributed by atoms with Crippen molar-refractivity contribution in [1.82, 2.24) is 10.2 Å². The molecule has 0 aromatic heterocycles. The summed E-state index contributed by atoms with van der Waals surface area (Å²) in [6, 6.07) is 10.1. The van der Waals surface area contributed by atoms with Crippen LogP contribution in [0.2, 0.25) is 0 Å². The number of alkyl halides is 3. The maximum atomic E-state index is 13.2. The first-order valence-electron chi connectivity index (χ1n) is 9.77. The van der Waals surface area contributed by atoms with Gasteiger partial charge in [-0.3, -0.25) is 14.4 Å². The molecule has 3 amide bonds. The van der Waals surface area contributed by atoms with Crippen LogP contribution >= 0.6 is 0 Å². The van der Waals surface area contributed by atoms with Gasteiger partial charge in [-0.05, 0) is 42.3 Å². The Bertz CT molecular complexity index is 991. The third-order valence-corrected chi connectivity index (χ3v) is 4.94. The van der Waals surface area contributed by atoms with E-state index in [1.54, 1.807) is 17.0 Å². The molecule has 0 saturated carbocycles. The molecule has 1 aliphatic heterocycles. The van der Waals surface area contributed by atoms with Gasteiger partial charge in [0.15, 0.2) is 0 Å². The van der Waals surface area contributed by atoms with Gasteiger partial charge in [0.05, 0.1) is 11.6 Å². The number of halogens is 3. The molecule has 0 aliphatic carbocycles. The summed E-state index contributed by atoms with van der Waals surface area (Å²) in [5, 5.41) is 5.32. The van der Waals surface area contributed by atoms with Crippen LogP contribution in [0, 0.1) is 0 Å². The number of hydrogen-bond acceptors (Lipinski definition) is 3. The van der Waals surface area contributed by atoms with Crippen molar-refractivity contribution < 1.29 is 27.6 Å². The molecular weight excluding hydrogens is 411 g/mol. The van der Waals surface area contributed by atoms with Crippen molar-refractivity contribution in [3.63, 3.8) is 0 Å². The van der Waals surface area contributed by atoms with E-state index in [1.807, 2.05) is 0 Å². The highest BCUT2D eigenvalue weighted by Gasteiger charge is 2.32. The van der Waals surface area contributed by atoms with E-state index in [0.29, 0.717) is 25.1 Å². The number of carbonyl (C=O) groups is 3. The van der Waals surface area contributed by atoms with Crippen LogP contribution in [-0.2, 0) is 15.8 Å². The topological polar surface area (TPSA) is 78.5 Å². The van der Waals surface area contributed by atoms with Crippen molar-refractivity contribution in [2.24, 2.45) is 0 Å². The molecule has 3 rings (SSSR count). The number of likely N-dealkylation sites (tertiary alicyclic amines) is 1. The van der Waals surface area contributed by atoms with Crippen molar-refractivity contribution in [2.45, 2.75) is 32.0 Å². The fraction of sp³-hybridized carbons (Fsp3) is 0.318. The number of anilines is 1. The molecule has 2 N–H and O–H groups in total. The first-order valence-corrected chi connectivity index (χ1v) is 9.77. The lowest BCUT2D eigenvalue weighted by atomic mass is 10.0. The summed E-state index contributed by atoms with van der Waals surface area (Å²) < 4.78 is 39.6. The molecule has 0 radical (unpaired) electrons. The predicted molar refractivity (Wildman–Crippen MR) is 108 cm³/mol. The smallest absolute Gasteiger partial charge is 0.343 e. The number of benzene rings is 2. The summed E-state index contributed by atoms with van der Waals surface area (Å²) in [5.74, 6) is -0.924. The zero-order valence-corrected chi connectivity index (χ0v) is 16.8. The fourth-order valence-electron chi connectivity index (χ4n) is 3.47. The maximum absolute atomic E-state index is 13.2. The highest BCUT2D eigenvalue weighted by Crippen LogP contribution is 2.31. The summed E-state index contributed by atoms with van der Waals surface area (Å²) in [6.07, 6.45) is -3.48. The van der Waals surface area contributed by atoms with E-state index in [1.165, 1.54) is 31.2 Å². The van der Waals surface area contributed by atoms with Gasteiger partial charge in [-0.2, -0.15) is 13.2 Å². The summed E-state index contributed by atoms with van der Waals surface area (Å²) >= 11 is 0. The molecule has 1 aliphatic rings. The van der Waals surface area contributed by atoms with E-state index in [-0.39, 0.29) is 29.5 Å². The van der Waals surface area contributed by atoms with Gasteiger partial charge in [-0.25, -0.2) is 0 Å². The van der Waals surface area contributed by atoms with Crippen molar-refractivity contribution in [2.75, 3.05) is 18.4 Å². The Morgan fingerprint density at radius 3 is 2.52 bits per heavy atom. The molecule has 2 aromatic carbocycles. The molecular formula is C22H22F3N3O3. The average Bonchev–Trinajstić information content (AvgIpc) is 3.11. The van der Waals surface area contributed by atoms with E-state index >= 15 is 0 Å². The first kappa shape index (κ1) is 22.3. The minimum absolute atomic E-state index is 0.0667. The minimum atomic E-state index is -4.53. The number of carbonyl (C=O) groups excluding carboxylic acids is 3. The lowest BCUT2D eigenvalue weighted by molar-refractivity contribution is -0.137. The van der Waals surface area contributed by atoms with Crippen molar-refractivity contribution in [1.29, 1.82) is 0 Å². The van der Waals surface area contributed by atoms with Gasteiger partial charge in [0.1, 0.15) is 0 Å². The Morgan fingerprint density at radius 1 is 1.13 bits per heavy atom. The third-order valence-electron chi connectivity index (χ3n) is 4.94. The van der Waals surface area contributed by atoms with Gasteiger partial charge < -0.3 is 15.5 Å². The Labute approximate surface area is 177 Å². The first-order chi connectivity index (χ1) is 14.6. The second kappa shape index (κ2) is 9.20. The Kier molecular flexibility index (Phi) is 6.62. The number of hydrogen-bond donors (Lipinski definition) is 2. The highest BCUT2D eigenvalue weighted by molar-refractivity contribution is 5.97. The molecule has 1 heterocycles. The van der Waals surface area contributed by atoms with E-state index in [2.05, 4.69) is 10.6 Å². The van der Waals surface area contributed by atoms with Crippen molar-refractivity contribution >= 4 is 23.4 Å². The molecule has 1 unspecified atom stereocenters. The molecule has 1 atom stereocenters. The molecule has 1 saturated heterocycles. The van der Waals surface area contributed by atoms with Crippen LogP contribution in [0.25, 0.3) is 0 Å². The molecule has 0 spiro atoms. The van der Waals surface area contributed by atoms with Crippen molar-refractivity contribution in [3.05, 3.63) is 65.2 Å². The Hall–Kier alpha value is -3.36. The molecule has 6 nitrogen and oxygen atoms in total. The fourth-order valence-corrected chi connectivity index (χ4v) is 3.47. The van der Waals surface area contributed by atoms with Crippen LogP contribution < -0.4 is 10.6 Å². The third kappa shape index (κ3) is 5.84. The quantitative estimate of drug-likeness (QED) is 0.728. The Morgan fingerprint density at radius 2 is 1.87 bits per heavy atom. The number of nitrogens with zero attached hydrogens (tertiary/aromatic N) is 1. The summed E-state index contributed by atoms with van der Waals surface area (Å²) in [5.41, 5.74) is 0.0759. The largest absolute Gasteiger partial charge is 0.416 e. The summed E-state index contributed by atoms with van der Waals surface area (Å²) in [6.45, 7) is 1.89. The van der Waals surface area contributed by atoms with E-state index in [9.17, 15) is 27.6 Å². The van der Waals surface area contributed by atoms with Crippen LogP contribution in [0.5, 0.6) is 0 Å². The lowest BCUT2D eigenvalue weighted by Crippen LogP contribution is -2.38. The van der Waals surface area contributed by atoms with Gasteiger partial charge >= 0.3 is 6.18 Å². The Balaban J connectivity index is 1.87. The minimum Gasteiger partial charge on any atom is -0.343 e. The van der Waals surface area contributed by atoms with Gasteiger partial charge in [0.25, 0.3) is 5.91 Å². The highest BCUT2D eigenvalue weighted by atomic mass is 19.4. The molecule has 1 fully saturated rings. The van der Waals surface area contributed by atoms with E-state index < -0.39 is 23.7 Å². The molecule has 31 heavy (non-hydrogen) atoms. The van der Waals surface area contributed by atoms with E-state index in [4.69, 9.17) is 0 Å². The molecule has 9 heteroatoms. The van der Waals surface area contributed by atoms with Gasteiger partial charge in [0, 0.05) is 37.7 Å². The van der Waals surface area contributed by atoms with Crippen LogP contribution in [-0.4, -0.2) is 35.7 Å². The maximum Gasteiger partial charge on any atom is 0.416 e. The second-order valence-electron chi connectivity index (χ2n) is 7.35. The average molecular weight is 433 g/mol. The van der Waals surface area contributed by atoms with Crippen LogP contribution in [0.1, 0.15) is 47.3 Å². The normalized spacial score (nSPS) is 15.0. The van der Waals surface area contributed by atoms with Gasteiger partial charge in [-0.1, -0.05) is 18.2 Å². The zero-order valence-electron chi connectivity index (χ0n) is 16.8. The summed E-state index contributed by atoms with van der Waals surface area (Å²) in [4.78, 5) is 37.7. The molecule has 2 aromatic rings. The van der Waals surface area contributed by atoms with Crippen LogP contribution in [0.4, 0.5) is 18.9 Å². The van der Waals surface area contributed by atoms with Crippen LogP contribution in [0.3, 0.4) is 0 Å². The van der Waals surface area contributed by atoms with E-state index in [0.717, 1.165) is 12.1 Å². The zero-order chi connectivity index (χ0) is 22.6. The van der Waals surface area contributed by atoms with Gasteiger partial charge in [0.2, 0.25) is 11.8 Å². The van der Waals surface area contributed by atoms with Gasteiger partial charge in [-0.15, -0.1) is 0 Å². The monoisotopic (exact) mass is 433 g/mol. The van der Waals surface area contributed by atoms with Crippen LogP contribution in [0.15, 0.2) is 48.5 Å². The number of nitrogens with one attached hydrogen (secondary N) is 2. The number of rotatable bonds is 6. The lowest BCUT2D eigenvalue weighted by Gasteiger charge is -2.26. The van der Waals surface area contributed by atoms with Crippen molar-refractivity contribution in [3.8, 4) is 0 Å². The molecule has 164 valence electrons. The SMILES string of the molecule is CC(=O)Nc1cccc(C(=O)NC(CN2CCCC2=O)c2cccc(C(F)(F)F)c2)c1. The second-order valence-corrected chi connectivity index (χ2v) is 7.35. The number of amides is 3. The molecule has 0 bridgehead atoms.